The maximum Gasteiger partial charge on any atom is 0.222 e. The average Bonchev–Trinajstić information content (AvgIpc) is 2.17. The van der Waals surface area contributed by atoms with Gasteiger partial charge in [0.15, 0.2) is 0 Å². The van der Waals surface area contributed by atoms with Gasteiger partial charge >= 0.3 is 0 Å². The van der Waals surface area contributed by atoms with Crippen LogP contribution in [0.4, 0.5) is 0 Å². The molecule has 1 amide bonds. The second-order valence-electron chi connectivity index (χ2n) is 4.55. The maximum atomic E-state index is 11.7. The number of hydrogen-bond acceptors (Lipinski definition) is 3. The summed E-state index contributed by atoms with van der Waals surface area (Å²) in [5, 5.41) is 9.53. The van der Waals surface area contributed by atoms with Gasteiger partial charge in [-0.15, -0.1) is 0 Å². The number of nitrogens with zero attached hydrogens (tertiary/aromatic N) is 1. The molecule has 0 radical (unpaired) electrons. The van der Waals surface area contributed by atoms with Gasteiger partial charge in [-0.1, -0.05) is 6.92 Å². The molecule has 0 aromatic heterocycles. The lowest BCUT2D eigenvalue weighted by Gasteiger charge is -2.37. The van der Waals surface area contributed by atoms with Gasteiger partial charge in [0.05, 0.1) is 6.10 Å². The smallest absolute Gasteiger partial charge is 0.222 e. The minimum atomic E-state index is -0.381. The van der Waals surface area contributed by atoms with E-state index in [1.807, 2.05) is 6.92 Å². The molecule has 4 nitrogen and oxygen atoms in total. The zero-order chi connectivity index (χ0) is 11.4. The first kappa shape index (κ1) is 12.5. The summed E-state index contributed by atoms with van der Waals surface area (Å²) in [7, 11) is 0. The van der Waals surface area contributed by atoms with E-state index in [0.717, 1.165) is 12.8 Å². The third-order valence-corrected chi connectivity index (χ3v) is 3.01. The molecule has 3 N–H and O–H groups in total. The molecule has 1 heterocycles. The van der Waals surface area contributed by atoms with E-state index >= 15 is 0 Å². The van der Waals surface area contributed by atoms with Crippen molar-refractivity contribution in [1.82, 2.24) is 4.90 Å². The Hall–Kier alpha value is -0.610. The zero-order valence-electron chi connectivity index (χ0n) is 9.65. The lowest BCUT2D eigenvalue weighted by Crippen LogP contribution is -2.51. The van der Waals surface area contributed by atoms with Crippen molar-refractivity contribution >= 4 is 5.91 Å². The van der Waals surface area contributed by atoms with E-state index in [0.29, 0.717) is 19.5 Å². The standard InChI is InChI=1S/C11H22N2O2/c1-3-4-11(15)13-6-9(8(2)14)5-10(12)7-13/h8-10,14H,3-7,12H2,1-2H3. The average molecular weight is 214 g/mol. The summed E-state index contributed by atoms with van der Waals surface area (Å²) in [5.74, 6) is 0.299. The molecule has 0 aromatic rings. The Morgan fingerprint density at radius 1 is 1.60 bits per heavy atom. The van der Waals surface area contributed by atoms with Crippen LogP contribution in [-0.2, 0) is 4.79 Å². The third-order valence-electron chi connectivity index (χ3n) is 3.01. The van der Waals surface area contributed by atoms with Crippen LogP contribution < -0.4 is 5.73 Å². The van der Waals surface area contributed by atoms with E-state index in [9.17, 15) is 9.90 Å². The zero-order valence-corrected chi connectivity index (χ0v) is 9.65. The number of likely N-dealkylation sites (tertiary alicyclic amines) is 1. The fraction of sp³-hybridized carbons (Fsp3) is 0.909. The molecule has 88 valence electrons. The molecule has 0 saturated carbocycles. The van der Waals surface area contributed by atoms with Crippen molar-refractivity contribution in [3.63, 3.8) is 0 Å². The van der Waals surface area contributed by atoms with Gasteiger partial charge in [0.25, 0.3) is 0 Å². The lowest BCUT2D eigenvalue weighted by molar-refractivity contribution is -0.134. The molecule has 1 aliphatic rings. The van der Waals surface area contributed by atoms with Crippen molar-refractivity contribution in [2.75, 3.05) is 13.1 Å². The highest BCUT2D eigenvalue weighted by molar-refractivity contribution is 5.76. The van der Waals surface area contributed by atoms with Gasteiger partial charge in [-0.2, -0.15) is 0 Å². The summed E-state index contributed by atoms with van der Waals surface area (Å²) in [6, 6.07) is 0.0131. The fourth-order valence-electron chi connectivity index (χ4n) is 2.10. The van der Waals surface area contributed by atoms with Crippen LogP contribution in [0.1, 0.15) is 33.1 Å². The summed E-state index contributed by atoms with van der Waals surface area (Å²) in [6.07, 6.45) is 1.88. The number of aliphatic hydroxyl groups is 1. The first-order valence-electron chi connectivity index (χ1n) is 5.76. The summed E-state index contributed by atoms with van der Waals surface area (Å²) in [4.78, 5) is 13.5. The van der Waals surface area contributed by atoms with Crippen LogP contribution in [0, 0.1) is 5.92 Å². The molecule has 3 atom stereocenters. The van der Waals surface area contributed by atoms with E-state index in [1.165, 1.54) is 0 Å². The number of piperidine rings is 1. The van der Waals surface area contributed by atoms with Crippen LogP contribution in [-0.4, -0.2) is 41.1 Å². The van der Waals surface area contributed by atoms with Crippen molar-refractivity contribution in [1.29, 1.82) is 0 Å². The monoisotopic (exact) mass is 214 g/mol. The first-order valence-corrected chi connectivity index (χ1v) is 5.76. The predicted molar refractivity (Wildman–Crippen MR) is 59.3 cm³/mol. The second-order valence-corrected chi connectivity index (χ2v) is 4.55. The highest BCUT2D eigenvalue weighted by Crippen LogP contribution is 2.19. The first-order chi connectivity index (χ1) is 7.04. The molecule has 0 aliphatic carbocycles. The molecular formula is C11H22N2O2. The SMILES string of the molecule is CCCC(=O)N1CC(N)CC(C(C)O)C1. The molecule has 1 rings (SSSR count). The van der Waals surface area contributed by atoms with Crippen molar-refractivity contribution < 1.29 is 9.90 Å². The number of carbonyl (C=O) groups excluding carboxylic acids is 1. The molecular weight excluding hydrogens is 192 g/mol. The van der Waals surface area contributed by atoms with Gasteiger partial charge in [0.1, 0.15) is 0 Å². The van der Waals surface area contributed by atoms with Crippen molar-refractivity contribution in [2.45, 2.75) is 45.3 Å². The van der Waals surface area contributed by atoms with Crippen LogP contribution in [0.5, 0.6) is 0 Å². The quantitative estimate of drug-likeness (QED) is 0.712. The van der Waals surface area contributed by atoms with E-state index in [-0.39, 0.29) is 24.0 Å². The Morgan fingerprint density at radius 2 is 2.27 bits per heavy atom. The summed E-state index contributed by atoms with van der Waals surface area (Å²) < 4.78 is 0. The predicted octanol–water partition coefficient (Wildman–Crippen LogP) is 0.343. The number of nitrogens with two attached hydrogens (primary N) is 1. The summed E-state index contributed by atoms with van der Waals surface area (Å²) in [5.41, 5.74) is 5.88. The van der Waals surface area contributed by atoms with Crippen LogP contribution in [0.15, 0.2) is 0 Å². The minimum Gasteiger partial charge on any atom is -0.393 e. The maximum absolute atomic E-state index is 11.7. The van der Waals surface area contributed by atoms with Crippen molar-refractivity contribution in [3.8, 4) is 0 Å². The minimum absolute atomic E-state index is 0.0131. The van der Waals surface area contributed by atoms with Gasteiger partial charge in [0, 0.05) is 31.5 Å². The van der Waals surface area contributed by atoms with E-state index in [1.54, 1.807) is 11.8 Å². The topological polar surface area (TPSA) is 66.6 Å². The summed E-state index contributed by atoms with van der Waals surface area (Å²) >= 11 is 0. The van der Waals surface area contributed by atoms with E-state index < -0.39 is 0 Å². The van der Waals surface area contributed by atoms with Crippen LogP contribution in [0.2, 0.25) is 0 Å². The van der Waals surface area contributed by atoms with Crippen LogP contribution >= 0.6 is 0 Å². The van der Waals surface area contributed by atoms with E-state index in [4.69, 9.17) is 5.73 Å². The number of amides is 1. The van der Waals surface area contributed by atoms with Crippen molar-refractivity contribution in [2.24, 2.45) is 11.7 Å². The van der Waals surface area contributed by atoms with Crippen molar-refractivity contribution in [3.05, 3.63) is 0 Å². The number of rotatable bonds is 3. The molecule has 1 saturated heterocycles. The number of aliphatic hydroxyl groups excluding tert-OH is 1. The number of carbonyl (C=O) groups is 1. The lowest BCUT2D eigenvalue weighted by atomic mass is 9.90. The molecule has 1 aliphatic heterocycles. The Labute approximate surface area is 91.4 Å². The highest BCUT2D eigenvalue weighted by Gasteiger charge is 2.29. The molecule has 0 bridgehead atoms. The molecule has 0 spiro atoms. The summed E-state index contributed by atoms with van der Waals surface area (Å²) in [6.45, 7) is 5.06. The largest absolute Gasteiger partial charge is 0.393 e. The van der Waals surface area contributed by atoms with Gasteiger partial charge in [0.2, 0.25) is 5.91 Å². The molecule has 3 unspecified atom stereocenters. The third kappa shape index (κ3) is 3.47. The van der Waals surface area contributed by atoms with E-state index in [2.05, 4.69) is 0 Å². The van der Waals surface area contributed by atoms with Crippen LogP contribution in [0.25, 0.3) is 0 Å². The van der Waals surface area contributed by atoms with Gasteiger partial charge in [-0.25, -0.2) is 0 Å². The Kier molecular flexibility index (Phi) is 4.54. The Bertz CT molecular complexity index is 219. The number of hydrogen-bond donors (Lipinski definition) is 2. The molecule has 4 heteroatoms. The van der Waals surface area contributed by atoms with Gasteiger partial charge in [-0.05, 0) is 19.8 Å². The normalized spacial score (nSPS) is 28.9. The fourth-order valence-corrected chi connectivity index (χ4v) is 2.10. The second kappa shape index (κ2) is 5.47. The molecule has 15 heavy (non-hydrogen) atoms. The molecule has 1 fully saturated rings. The van der Waals surface area contributed by atoms with Crippen LogP contribution in [0.3, 0.4) is 0 Å². The van der Waals surface area contributed by atoms with Gasteiger partial charge in [-0.3, -0.25) is 4.79 Å². The Morgan fingerprint density at radius 3 is 2.80 bits per heavy atom. The molecule has 0 aromatic carbocycles. The highest BCUT2D eigenvalue weighted by atomic mass is 16.3. The van der Waals surface area contributed by atoms with Gasteiger partial charge < -0.3 is 15.7 Å². The Balaban J connectivity index is 2.55.